The highest BCUT2D eigenvalue weighted by Gasteiger charge is 2.39. The van der Waals surface area contributed by atoms with Crippen LogP contribution in [0.3, 0.4) is 0 Å². The molecule has 3 heterocycles. The van der Waals surface area contributed by atoms with Crippen molar-refractivity contribution >= 4 is 50.8 Å². The van der Waals surface area contributed by atoms with E-state index in [1.807, 2.05) is 48.5 Å². The zero-order valence-electron chi connectivity index (χ0n) is 31.6. The number of hydrogen-bond donors (Lipinski definition) is 5. The van der Waals surface area contributed by atoms with Crippen molar-refractivity contribution in [2.75, 3.05) is 83.4 Å². The Morgan fingerprint density at radius 2 is 1.25 bits per heavy atom. The normalized spacial score (nSPS) is 20.4. The molecule has 3 aliphatic heterocycles. The van der Waals surface area contributed by atoms with E-state index in [2.05, 4.69) is 25.0 Å². The van der Waals surface area contributed by atoms with E-state index in [0.717, 1.165) is 16.7 Å². The van der Waals surface area contributed by atoms with Crippen molar-refractivity contribution in [3.8, 4) is 0 Å². The summed E-state index contributed by atoms with van der Waals surface area (Å²) in [6.45, 7) is 0.530. The number of para-hydroxylation sites is 1. The molecule has 2 amide bonds. The zero-order valence-corrected chi connectivity index (χ0v) is 32.7. The highest BCUT2D eigenvalue weighted by molar-refractivity contribution is 7.13. The second-order valence-corrected chi connectivity index (χ2v) is 14.8. The van der Waals surface area contributed by atoms with Crippen LogP contribution in [0.1, 0.15) is 48.0 Å². The molecule has 4 unspecified atom stereocenters. The Hall–Kier alpha value is -5.07. The van der Waals surface area contributed by atoms with Crippen LogP contribution < -0.4 is 10.2 Å². The fourth-order valence-electron chi connectivity index (χ4n) is 7.53. The molecule has 57 heavy (non-hydrogen) atoms. The predicted octanol–water partition coefficient (Wildman–Crippen LogP) is 1.00. The van der Waals surface area contributed by atoms with Crippen molar-refractivity contribution < 1.29 is 49.2 Å². The van der Waals surface area contributed by atoms with Crippen molar-refractivity contribution in [3.63, 3.8) is 0 Å². The molecule has 20 heteroatoms. The zero-order chi connectivity index (χ0) is 41.1. The SMILES string of the molecule is O=C(O)CN1CCN(CC(=O)O)CCN(C(CCC(=O)NCCC(=O)N2Cc3ccccc3C3C(N=NN3P)c3ccccc32)C(=O)O)CCN(CC(=O)O)CC1. The van der Waals surface area contributed by atoms with Gasteiger partial charge in [0.05, 0.1) is 26.2 Å². The number of carboxylic acid groups (broad SMARTS) is 4. The number of nitrogens with zero attached hydrogens (tertiary/aromatic N) is 8. The van der Waals surface area contributed by atoms with Crippen LogP contribution in [0.25, 0.3) is 0 Å². The smallest absolute Gasteiger partial charge is 0.320 e. The monoisotopic (exact) mass is 811 g/mol. The molecule has 3 aliphatic rings. The minimum atomic E-state index is -1.20. The number of aliphatic carboxylic acids is 4. The number of hydrogen-bond acceptors (Lipinski definition) is 13. The van der Waals surface area contributed by atoms with Gasteiger partial charge in [-0.3, -0.25) is 53.1 Å². The first kappa shape index (κ1) is 43.1. The summed E-state index contributed by atoms with van der Waals surface area (Å²) >= 11 is 0. The molecule has 0 radical (unpaired) electrons. The standard InChI is InChI=1S/C37H50N9O10P/c47-30(38-12-11-31(48)45-21-25-5-1-2-6-26(25)36-35(39-40-46(36)57)27-7-3-4-8-28(27)45)10-9-29(37(55)56)44-19-17-42(23-33(51)52)15-13-41(22-32(49)50)14-16-43(18-20-44)24-34(53)54/h1-8,29,35-36H,9-24,57H2,(H,38,47)(H,49,50)(H,51,52)(H,53,54)(H,55,56). The van der Waals surface area contributed by atoms with Gasteiger partial charge < -0.3 is 30.6 Å². The molecule has 1 fully saturated rings. The van der Waals surface area contributed by atoms with Crippen molar-refractivity contribution in [3.05, 3.63) is 65.2 Å². The first-order valence-electron chi connectivity index (χ1n) is 18.8. The minimum Gasteiger partial charge on any atom is -0.480 e. The Morgan fingerprint density at radius 1 is 0.719 bits per heavy atom. The molecule has 2 aromatic rings. The van der Waals surface area contributed by atoms with Crippen LogP contribution in [0.2, 0.25) is 0 Å². The third-order valence-electron chi connectivity index (χ3n) is 10.4. The molecule has 0 aliphatic carbocycles. The summed E-state index contributed by atoms with van der Waals surface area (Å²) in [5.74, 6) is -5.14. The second kappa shape index (κ2) is 20.4. The summed E-state index contributed by atoms with van der Waals surface area (Å²) in [5, 5.41) is 50.3. The number of nitrogens with one attached hydrogen (secondary N) is 1. The van der Waals surface area contributed by atoms with Crippen molar-refractivity contribution in [1.29, 1.82) is 0 Å². The number of fused-ring (bicyclic) bond motifs is 5. The van der Waals surface area contributed by atoms with Gasteiger partial charge in [0.25, 0.3) is 0 Å². The van der Waals surface area contributed by atoms with Gasteiger partial charge in [0.15, 0.2) is 0 Å². The van der Waals surface area contributed by atoms with Crippen LogP contribution >= 0.6 is 9.39 Å². The number of amides is 2. The molecule has 19 nitrogen and oxygen atoms in total. The summed E-state index contributed by atoms with van der Waals surface area (Å²) in [6, 6.07) is 13.7. The number of carboxylic acids is 4. The number of carbonyl (C=O) groups excluding carboxylic acids is 2. The fraction of sp³-hybridized carbons (Fsp3) is 0.514. The fourth-order valence-corrected chi connectivity index (χ4v) is 7.91. The van der Waals surface area contributed by atoms with Gasteiger partial charge in [0, 0.05) is 83.0 Å². The van der Waals surface area contributed by atoms with Crippen LogP contribution in [-0.4, -0.2) is 165 Å². The van der Waals surface area contributed by atoms with Crippen molar-refractivity contribution in [2.45, 2.75) is 43.9 Å². The molecule has 0 aromatic heterocycles. The van der Waals surface area contributed by atoms with E-state index in [4.69, 9.17) is 0 Å². The van der Waals surface area contributed by atoms with Crippen LogP contribution in [0.4, 0.5) is 5.69 Å². The van der Waals surface area contributed by atoms with E-state index < -0.39 is 35.8 Å². The summed E-state index contributed by atoms with van der Waals surface area (Å²) in [4.78, 5) is 82.5. The lowest BCUT2D eigenvalue weighted by Crippen LogP contribution is -2.52. The van der Waals surface area contributed by atoms with E-state index >= 15 is 0 Å². The molecular weight excluding hydrogens is 761 g/mol. The third kappa shape index (κ3) is 12.0. The van der Waals surface area contributed by atoms with E-state index in [9.17, 15) is 49.2 Å². The lowest BCUT2D eigenvalue weighted by atomic mass is 9.88. The van der Waals surface area contributed by atoms with Crippen LogP contribution in [0.5, 0.6) is 0 Å². The largest absolute Gasteiger partial charge is 0.480 e. The van der Waals surface area contributed by atoms with Crippen LogP contribution in [-0.2, 0) is 35.3 Å². The summed E-state index contributed by atoms with van der Waals surface area (Å²) in [7, 11) is 2.60. The lowest BCUT2D eigenvalue weighted by Gasteiger charge is -2.35. The van der Waals surface area contributed by atoms with Gasteiger partial charge in [-0.25, -0.2) is 0 Å². The van der Waals surface area contributed by atoms with E-state index in [1.165, 1.54) is 0 Å². The quantitative estimate of drug-likeness (QED) is 0.167. The summed E-state index contributed by atoms with van der Waals surface area (Å²) < 4.78 is 1.75. The second-order valence-electron chi connectivity index (χ2n) is 14.3. The Kier molecular flexibility index (Phi) is 15.4. The molecule has 308 valence electrons. The molecule has 2 aromatic carbocycles. The molecule has 0 spiro atoms. The molecule has 5 N–H and O–H groups in total. The average Bonchev–Trinajstić information content (AvgIpc) is 3.53. The molecule has 1 saturated heterocycles. The number of rotatable bonds is 14. The van der Waals surface area contributed by atoms with Gasteiger partial charge in [0.1, 0.15) is 18.1 Å². The van der Waals surface area contributed by atoms with Crippen LogP contribution in [0, 0.1) is 0 Å². The highest BCUT2D eigenvalue weighted by atomic mass is 31.0. The highest BCUT2D eigenvalue weighted by Crippen LogP contribution is 2.49. The molecule has 0 saturated carbocycles. The third-order valence-corrected chi connectivity index (χ3v) is 10.8. The summed E-state index contributed by atoms with van der Waals surface area (Å²) in [6.07, 6.45) is -0.298. The van der Waals surface area contributed by atoms with Crippen LogP contribution in [0.15, 0.2) is 58.9 Å². The number of carbonyl (C=O) groups is 6. The number of anilines is 1. The van der Waals surface area contributed by atoms with E-state index in [-0.39, 0.29) is 116 Å². The van der Waals surface area contributed by atoms with Gasteiger partial charge in [-0.1, -0.05) is 47.7 Å². The van der Waals surface area contributed by atoms with E-state index in [1.54, 1.807) is 29.3 Å². The molecule has 5 rings (SSSR count). The topological polar surface area (TPSA) is 240 Å². The van der Waals surface area contributed by atoms with Gasteiger partial charge >= 0.3 is 23.9 Å². The maximum absolute atomic E-state index is 13.9. The Morgan fingerprint density at radius 3 is 1.81 bits per heavy atom. The minimum absolute atomic E-state index is 0.0117. The first-order valence-corrected chi connectivity index (χ1v) is 19.3. The number of benzene rings is 2. The van der Waals surface area contributed by atoms with Crippen molar-refractivity contribution in [2.24, 2.45) is 10.3 Å². The molecular formula is C37H50N9O10P. The van der Waals surface area contributed by atoms with E-state index in [0.29, 0.717) is 12.2 Å². The molecule has 0 bridgehead atoms. The first-order chi connectivity index (χ1) is 27.3. The Bertz CT molecular complexity index is 1790. The summed E-state index contributed by atoms with van der Waals surface area (Å²) in [5.41, 5.74) is 3.49. The van der Waals surface area contributed by atoms with Gasteiger partial charge in [0.2, 0.25) is 11.8 Å². The lowest BCUT2D eigenvalue weighted by molar-refractivity contribution is -0.145. The Balaban J connectivity index is 1.22. The van der Waals surface area contributed by atoms with Gasteiger partial charge in [-0.2, -0.15) is 5.11 Å². The van der Waals surface area contributed by atoms with Crippen molar-refractivity contribution in [1.82, 2.24) is 29.7 Å². The Labute approximate surface area is 332 Å². The molecule has 4 atom stereocenters. The average molecular weight is 812 g/mol. The predicted molar refractivity (Wildman–Crippen MR) is 208 cm³/mol. The van der Waals surface area contributed by atoms with Gasteiger partial charge in [-0.15, -0.1) is 0 Å². The van der Waals surface area contributed by atoms with Gasteiger partial charge in [-0.05, 0) is 33.0 Å². The maximum Gasteiger partial charge on any atom is 0.320 e. The maximum atomic E-state index is 13.9.